The van der Waals surface area contributed by atoms with E-state index in [1.54, 1.807) is 37.4 Å². The largest absolute Gasteiger partial charge is 0.342 e. The summed E-state index contributed by atoms with van der Waals surface area (Å²) in [6.45, 7) is 5.69. The van der Waals surface area contributed by atoms with Crippen LogP contribution in [0.4, 0.5) is 5.69 Å². The molecule has 1 fully saturated rings. The molecule has 3 rings (SSSR count). The fourth-order valence-corrected chi connectivity index (χ4v) is 3.31. The molecule has 1 aromatic carbocycles. The Morgan fingerprint density at radius 1 is 1.25 bits per heavy atom. The van der Waals surface area contributed by atoms with Crippen LogP contribution < -0.4 is 10.6 Å². The Morgan fingerprint density at radius 2 is 2.07 bits per heavy atom. The van der Waals surface area contributed by atoms with E-state index < -0.39 is 11.8 Å². The van der Waals surface area contributed by atoms with E-state index in [4.69, 9.17) is 0 Å². The number of hydrogen-bond acceptors (Lipinski definition) is 4. The Hall–Kier alpha value is -3.16. The van der Waals surface area contributed by atoms with Gasteiger partial charge in [-0.2, -0.15) is 5.10 Å². The first kappa shape index (κ1) is 19.6. The normalized spacial score (nSPS) is 16.5. The van der Waals surface area contributed by atoms with Crippen LogP contribution >= 0.6 is 0 Å². The molecule has 1 aliphatic rings. The highest BCUT2D eigenvalue weighted by molar-refractivity contribution is 6.39. The Balaban J connectivity index is 1.59. The van der Waals surface area contributed by atoms with Gasteiger partial charge in [0.15, 0.2) is 0 Å². The fourth-order valence-electron chi connectivity index (χ4n) is 3.31. The molecule has 3 N–H and O–H groups in total. The Labute approximate surface area is 163 Å². The second-order valence-corrected chi connectivity index (χ2v) is 7.25. The zero-order valence-corrected chi connectivity index (χ0v) is 16.1. The molecule has 1 aromatic heterocycles. The van der Waals surface area contributed by atoms with E-state index in [2.05, 4.69) is 27.8 Å². The van der Waals surface area contributed by atoms with E-state index >= 15 is 0 Å². The predicted octanol–water partition coefficient (Wildman–Crippen LogP) is 1.85. The molecular weight excluding hydrogens is 358 g/mol. The first-order chi connectivity index (χ1) is 13.4. The van der Waals surface area contributed by atoms with Crippen molar-refractivity contribution in [3.8, 4) is 0 Å². The topological polar surface area (TPSA) is 107 Å². The van der Waals surface area contributed by atoms with E-state index in [1.807, 2.05) is 4.90 Å². The summed E-state index contributed by atoms with van der Waals surface area (Å²) in [7, 11) is 0. The van der Waals surface area contributed by atoms with Crippen LogP contribution in [0.1, 0.15) is 41.4 Å². The van der Waals surface area contributed by atoms with Crippen LogP contribution in [0.3, 0.4) is 0 Å². The number of rotatable bonds is 4. The molecule has 0 saturated carbocycles. The van der Waals surface area contributed by atoms with Crippen LogP contribution in [-0.4, -0.2) is 45.9 Å². The number of likely N-dealkylation sites (tertiary alicyclic amines) is 1. The van der Waals surface area contributed by atoms with Crippen molar-refractivity contribution >= 4 is 23.4 Å². The van der Waals surface area contributed by atoms with Gasteiger partial charge in [0.25, 0.3) is 5.91 Å². The Bertz CT molecular complexity index is 863. The fraction of sp³-hybridized carbons (Fsp3) is 0.400. The number of nitrogens with one attached hydrogen (secondary N) is 3. The van der Waals surface area contributed by atoms with Gasteiger partial charge in [-0.25, -0.2) is 0 Å². The maximum atomic E-state index is 12.7. The number of H-pyrrole nitrogens is 1. The molecule has 0 radical (unpaired) electrons. The van der Waals surface area contributed by atoms with Gasteiger partial charge in [0.1, 0.15) is 0 Å². The zero-order valence-electron chi connectivity index (χ0n) is 16.1. The second kappa shape index (κ2) is 8.69. The lowest BCUT2D eigenvalue weighted by Crippen LogP contribution is -2.39. The number of carbonyl (C=O) groups excluding carboxylic acids is 3. The Kier molecular flexibility index (Phi) is 6.08. The van der Waals surface area contributed by atoms with Crippen molar-refractivity contribution in [2.75, 3.05) is 18.4 Å². The number of aromatic nitrogens is 2. The molecule has 8 heteroatoms. The van der Waals surface area contributed by atoms with Gasteiger partial charge in [0, 0.05) is 30.5 Å². The molecule has 3 amide bonds. The summed E-state index contributed by atoms with van der Waals surface area (Å²) in [6, 6.07) is 6.81. The van der Waals surface area contributed by atoms with Crippen molar-refractivity contribution in [2.24, 2.45) is 5.92 Å². The van der Waals surface area contributed by atoms with Gasteiger partial charge in [-0.3, -0.25) is 19.5 Å². The average Bonchev–Trinajstić information content (AvgIpc) is 3.20. The summed E-state index contributed by atoms with van der Waals surface area (Å²) >= 11 is 0. The summed E-state index contributed by atoms with van der Waals surface area (Å²) in [4.78, 5) is 38.6. The van der Waals surface area contributed by atoms with Crippen LogP contribution in [0.2, 0.25) is 0 Å². The lowest BCUT2D eigenvalue weighted by molar-refractivity contribution is -0.136. The SMILES string of the molecule is Cc1cc(C(=O)N2CCCC(C)C2)ccc1NC(=O)C(=O)NCc1ccn[nH]1. The van der Waals surface area contributed by atoms with Gasteiger partial charge in [0.2, 0.25) is 0 Å². The Morgan fingerprint density at radius 3 is 2.75 bits per heavy atom. The smallest absolute Gasteiger partial charge is 0.313 e. The summed E-state index contributed by atoms with van der Waals surface area (Å²) in [5.74, 6) is -0.981. The summed E-state index contributed by atoms with van der Waals surface area (Å²) in [6.07, 6.45) is 3.74. The summed E-state index contributed by atoms with van der Waals surface area (Å²) in [5.41, 5.74) is 2.52. The molecule has 1 saturated heterocycles. The van der Waals surface area contributed by atoms with Crippen molar-refractivity contribution in [3.05, 3.63) is 47.3 Å². The number of hydrogen-bond donors (Lipinski definition) is 3. The van der Waals surface area contributed by atoms with E-state index in [9.17, 15) is 14.4 Å². The molecule has 148 valence electrons. The number of benzene rings is 1. The number of aryl methyl sites for hydroxylation is 1. The molecule has 28 heavy (non-hydrogen) atoms. The number of anilines is 1. The van der Waals surface area contributed by atoms with Crippen LogP contribution in [0.5, 0.6) is 0 Å². The molecule has 1 aliphatic heterocycles. The second-order valence-electron chi connectivity index (χ2n) is 7.25. The highest BCUT2D eigenvalue weighted by Gasteiger charge is 2.22. The number of nitrogens with zero attached hydrogens (tertiary/aromatic N) is 2. The van der Waals surface area contributed by atoms with Gasteiger partial charge in [-0.05, 0) is 55.5 Å². The minimum Gasteiger partial charge on any atom is -0.342 e. The van der Waals surface area contributed by atoms with Crippen LogP contribution in [0.25, 0.3) is 0 Å². The van der Waals surface area contributed by atoms with Gasteiger partial charge >= 0.3 is 11.8 Å². The minimum absolute atomic E-state index is 0.00447. The number of amides is 3. The molecule has 0 aliphatic carbocycles. The first-order valence-corrected chi connectivity index (χ1v) is 9.41. The van der Waals surface area contributed by atoms with Crippen molar-refractivity contribution < 1.29 is 14.4 Å². The average molecular weight is 383 g/mol. The van der Waals surface area contributed by atoms with Crippen LogP contribution in [0.15, 0.2) is 30.5 Å². The quantitative estimate of drug-likeness (QED) is 0.700. The third-order valence-electron chi connectivity index (χ3n) is 4.87. The van der Waals surface area contributed by atoms with Gasteiger partial charge < -0.3 is 15.5 Å². The highest BCUT2D eigenvalue weighted by Crippen LogP contribution is 2.21. The molecule has 1 unspecified atom stereocenters. The number of carbonyl (C=O) groups is 3. The molecular formula is C20H25N5O3. The van der Waals surface area contributed by atoms with Crippen molar-refractivity contribution in [3.63, 3.8) is 0 Å². The van der Waals surface area contributed by atoms with Gasteiger partial charge in [-0.1, -0.05) is 6.92 Å². The summed E-state index contributed by atoms with van der Waals surface area (Å²) in [5, 5.41) is 11.6. The maximum absolute atomic E-state index is 12.7. The molecule has 2 aromatic rings. The van der Waals surface area contributed by atoms with Gasteiger partial charge in [0.05, 0.1) is 12.2 Å². The lowest BCUT2D eigenvalue weighted by Gasteiger charge is -2.31. The van der Waals surface area contributed by atoms with Crippen molar-refractivity contribution in [1.29, 1.82) is 0 Å². The van der Waals surface area contributed by atoms with Crippen LogP contribution in [-0.2, 0) is 16.1 Å². The van der Waals surface area contributed by atoms with E-state index in [0.29, 0.717) is 22.9 Å². The third-order valence-corrected chi connectivity index (χ3v) is 4.87. The molecule has 2 heterocycles. The molecule has 8 nitrogen and oxygen atoms in total. The molecule has 0 bridgehead atoms. The molecule has 0 spiro atoms. The minimum atomic E-state index is -0.758. The first-order valence-electron chi connectivity index (χ1n) is 9.41. The van der Waals surface area contributed by atoms with Crippen molar-refractivity contribution in [2.45, 2.75) is 33.2 Å². The van der Waals surface area contributed by atoms with E-state index in [1.165, 1.54) is 0 Å². The van der Waals surface area contributed by atoms with Crippen molar-refractivity contribution in [1.82, 2.24) is 20.4 Å². The maximum Gasteiger partial charge on any atom is 0.313 e. The van der Waals surface area contributed by atoms with E-state index in [0.717, 1.165) is 31.5 Å². The number of aromatic amines is 1. The number of piperidine rings is 1. The monoisotopic (exact) mass is 383 g/mol. The standard InChI is InChI=1S/C20H25N5O3/c1-13-4-3-9-25(12-13)20(28)15-5-6-17(14(2)10-15)23-19(27)18(26)21-11-16-7-8-22-24-16/h5-8,10,13H,3-4,9,11-12H2,1-2H3,(H,21,26)(H,22,24)(H,23,27). The van der Waals surface area contributed by atoms with Crippen LogP contribution in [0, 0.1) is 12.8 Å². The third kappa shape index (κ3) is 4.76. The predicted molar refractivity (Wildman–Crippen MR) is 105 cm³/mol. The lowest BCUT2D eigenvalue weighted by atomic mass is 9.99. The highest BCUT2D eigenvalue weighted by atomic mass is 16.2. The zero-order chi connectivity index (χ0) is 20.1. The van der Waals surface area contributed by atoms with Gasteiger partial charge in [-0.15, -0.1) is 0 Å². The van der Waals surface area contributed by atoms with E-state index in [-0.39, 0.29) is 12.5 Å². The molecule has 1 atom stereocenters. The summed E-state index contributed by atoms with van der Waals surface area (Å²) < 4.78 is 0.